The lowest BCUT2D eigenvalue weighted by atomic mass is 10.1. The zero-order valence-electron chi connectivity index (χ0n) is 15.2. The van der Waals surface area contributed by atoms with E-state index in [-0.39, 0.29) is 6.54 Å². The molecule has 1 saturated heterocycles. The van der Waals surface area contributed by atoms with Crippen LogP contribution >= 0.6 is 23.4 Å². The summed E-state index contributed by atoms with van der Waals surface area (Å²) in [7, 11) is 0. The first-order valence-electron chi connectivity index (χ1n) is 8.71. The molecule has 0 aromatic heterocycles. The van der Waals surface area contributed by atoms with Crippen molar-refractivity contribution in [3.05, 3.63) is 64.7 Å². The maximum absolute atomic E-state index is 12.3. The lowest BCUT2D eigenvalue weighted by Gasteiger charge is -2.18. The molecule has 1 aliphatic rings. The Morgan fingerprint density at radius 1 is 1.18 bits per heavy atom. The molecule has 6 nitrogen and oxygen atoms in total. The largest absolute Gasteiger partial charge is 0.449 e. The van der Waals surface area contributed by atoms with Crippen molar-refractivity contribution in [1.29, 1.82) is 0 Å². The van der Waals surface area contributed by atoms with Crippen LogP contribution in [-0.2, 0) is 15.3 Å². The molecule has 28 heavy (non-hydrogen) atoms. The number of hydrogen-bond donors (Lipinski definition) is 1. The highest BCUT2D eigenvalue weighted by atomic mass is 35.5. The Balaban J connectivity index is 1.53. The van der Waals surface area contributed by atoms with E-state index < -0.39 is 24.0 Å². The van der Waals surface area contributed by atoms with E-state index >= 15 is 0 Å². The molecular formula is C20H19ClN2O4S. The number of ether oxygens (including phenoxy) is 1. The average molecular weight is 419 g/mol. The van der Waals surface area contributed by atoms with Gasteiger partial charge >= 0.3 is 12.0 Å². The standard InChI is InChI=1S/C20H19ClN2O4S/c1-13(18(24)23-11-10-22-20(23)26)27-19(25)15-4-2-14(3-5-15)12-28-17-8-6-16(21)7-9-17/h2-9,13H,10-12H2,1H3,(H,22,26)/t13-/m1/s1. The number of amides is 3. The molecular weight excluding hydrogens is 400 g/mol. The molecule has 0 aliphatic carbocycles. The van der Waals surface area contributed by atoms with Gasteiger partial charge in [0.15, 0.2) is 6.10 Å². The van der Waals surface area contributed by atoms with E-state index in [4.69, 9.17) is 16.3 Å². The lowest BCUT2D eigenvalue weighted by molar-refractivity contribution is -0.136. The summed E-state index contributed by atoms with van der Waals surface area (Å²) in [5.74, 6) is -0.382. The van der Waals surface area contributed by atoms with Gasteiger partial charge in [-0.15, -0.1) is 11.8 Å². The van der Waals surface area contributed by atoms with Gasteiger partial charge in [-0.2, -0.15) is 0 Å². The monoisotopic (exact) mass is 418 g/mol. The zero-order valence-corrected chi connectivity index (χ0v) is 16.8. The van der Waals surface area contributed by atoms with E-state index in [0.29, 0.717) is 17.1 Å². The minimum Gasteiger partial charge on any atom is -0.449 e. The number of carbonyl (C=O) groups is 3. The number of benzene rings is 2. The smallest absolute Gasteiger partial charge is 0.338 e. The predicted octanol–water partition coefficient (Wildman–Crippen LogP) is 3.73. The summed E-state index contributed by atoms with van der Waals surface area (Å²) in [5.41, 5.74) is 1.40. The highest BCUT2D eigenvalue weighted by molar-refractivity contribution is 7.98. The predicted molar refractivity (Wildman–Crippen MR) is 107 cm³/mol. The molecule has 0 bridgehead atoms. The van der Waals surface area contributed by atoms with Gasteiger partial charge in [-0.3, -0.25) is 9.69 Å². The Kier molecular flexibility index (Phi) is 6.59. The van der Waals surface area contributed by atoms with E-state index in [2.05, 4.69) is 5.32 Å². The van der Waals surface area contributed by atoms with Crippen molar-refractivity contribution in [2.45, 2.75) is 23.7 Å². The first-order chi connectivity index (χ1) is 13.4. The maximum Gasteiger partial charge on any atom is 0.338 e. The molecule has 1 atom stereocenters. The molecule has 2 aromatic rings. The number of thioether (sulfide) groups is 1. The number of carbonyl (C=O) groups excluding carboxylic acids is 3. The molecule has 1 heterocycles. The van der Waals surface area contributed by atoms with Gasteiger partial charge in [0.05, 0.1) is 5.56 Å². The second-order valence-corrected chi connectivity index (χ2v) is 7.69. The highest BCUT2D eigenvalue weighted by Gasteiger charge is 2.31. The number of urea groups is 1. The maximum atomic E-state index is 12.3. The second-order valence-electron chi connectivity index (χ2n) is 6.21. The van der Waals surface area contributed by atoms with Crippen LogP contribution in [0.5, 0.6) is 0 Å². The Labute approximate surface area is 172 Å². The third-order valence-corrected chi connectivity index (χ3v) is 5.50. The summed E-state index contributed by atoms with van der Waals surface area (Å²) >= 11 is 7.54. The van der Waals surface area contributed by atoms with Gasteiger partial charge in [-0.1, -0.05) is 23.7 Å². The number of imide groups is 1. The van der Waals surface area contributed by atoms with Gasteiger partial charge in [0.25, 0.3) is 5.91 Å². The van der Waals surface area contributed by atoms with Crippen molar-refractivity contribution >= 4 is 41.3 Å². The van der Waals surface area contributed by atoms with Gasteiger partial charge in [0.2, 0.25) is 0 Å². The molecule has 0 saturated carbocycles. The van der Waals surface area contributed by atoms with Crippen LogP contribution in [0.1, 0.15) is 22.8 Å². The van der Waals surface area contributed by atoms with Crippen molar-refractivity contribution in [3.8, 4) is 0 Å². The third kappa shape index (κ3) is 5.05. The van der Waals surface area contributed by atoms with Crippen molar-refractivity contribution < 1.29 is 19.1 Å². The van der Waals surface area contributed by atoms with Crippen LogP contribution in [0.3, 0.4) is 0 Å². The first-order valence-corrected chi connectivity index (χ1v) is 10.1. The Bertz CT molecular complexity index is 871. The number of esters is 1. The Hall–Kier alpha value is -2.51. The van der Waals surface area contributed by atoms with Crippen molar-refractivity contribution in [2.24, 2.45) is 0 Å². The Morgan fingerprint density at radius 3 is 2.46 bits per heavy atom. The summed E-state index contributed by atoms with van der Waals surface area (Å²) in [4.78, 5) is 38.2. The number of nitrogens with zero attached hydrogens (tertiary/aromatic N) is 1. The zero-order chi connectivity index (χ0) is 20.1. The Morgan fingerprint density at radius 2 is 1.86 bits per heavy atom. The molecule has 1 N–H and O–H groups in total. The molecule has 146 valence electrons. The third-order valence-electron chi connectivity index (χ3n) is 4.16. The number of nitrogens with one attached hydrogen (secondary N) is 1. The van der Waals surface area contributed by atoms with E-state index in [1.807, 2.05) is 36.4 Å². The summed E-state index contributed by atoms with van der Waals surface area (Å²) in [6.07, 6.45) is -1.03. The van der Waals surface area contributed by atoms with E-state index in [9.17, 15) is 14.4 Å². The lowest BCUT2D eigenvalue weighted by Crippen LogP contribution is -2.41. The van der Waals surface area contributed by atoms with Crippen LogP contribution in [0, 0.1) is 0 Å². The molecule has 0 spiro atoms. The topological polar surface area (TPSA) is 75.7 Å². The number of hydrogen-bond acceptors (Lipinski definition) is 5. The summed E-state index contributed by atoms with van der Waals surface area (Å²) in [6.45, 7) is 2.14. The second kappa shape index (κ2) is 9.12. The molecule has 3 rings (SSSR count). The summed E-state index contributed by atoms with van der Waals surface area (Å²) in [5, 5.41) is 3.24. The average Bonchev–Trinajstić information content (AvgIpc) is 3.13. The van der Waals surface area contributed by atoms with Crippen molar-refractivity contribution in [3.63, 3.8) is 0 Å². The van der Waals surface area contributed by atoms with E-state index in [1.165, 1.54) is 6.92 Å². The van der Waals surface area contributed by atoms with E-state index in [1.54, 1.807) is 23.9 Å². The van der Waals surface area contributed by atoms with Crippen LogP contribution in [0.2, 0.25) is 5.02 Å². The number of halogens is 1. The molecule has 0 radical (unpaired) electrons. The molecule has 0 unspecified atom stereocenters. The van der Waals surface area contributed by atoms with Crippen LogP contribution < -0.4 is 5.32 Å². The van der Waals surface area contributed by atoms with Gasteiger partial charge < -0.3 is 10.1 Å². The molecule has 1 aliphatic heterocycles. The van der Waals surface area contributed by atoms with Crippen LogP contribution in [-0.4, -0.2) is 42.0 Å². The van der Waals surface area contributed by atoms with Gasteiger partial charge in [-0.25, -0.2) is 9.59 Å². The van der Waals surface area contributed by atoms with E-state index in [0.717, 1.165) is 21.1 Å². The highest BCUT2D eigenvalue weighted by Crippen LogP contribution is 2.24. The van der Waals surface area contributed by atoms with Crippen LogP contribution in [0.25, 0.3) is 0 Å². The number of rotatable bonds is 6. The normalized spacial score (nSPS) is 14.5. The fourth-order valence-electron chi connectivity index (χ4n) is 2.61. The van der Waals surface area contributed by atoms with Gasteiger partial charge in [0.1, 0.15) is 0 Å². The van der Waals surface area contributed by atoms with Crippen molar-refractivity contribution in [2.75, 3.05) is 13.1 Å². The van der Waals surface area contributed by atoms with Crippen LogP contribution in [0.4, 0.5) is 4.79 Å². The van der Waals surface area contributed by atoms with Gasteiger partial charge in [0, 0.05) is 28.8 Å². The molecule has 8 heteroatoms. The minimum absolute atomic E-state index is 0.277. The molecule has 3 amide bonds. The molecule has 2 aromatic carbocycles. The van der Waals surface area contributed by atoms with Gasteiger partial charge in [-0.05, 0) is 48.9 Å². The van der Waals surface area contributed by atoms with Crippen LogP contribution in [0.15, 0.2) is 53.4 Å². The molecule has 1 fully saturated rings. The SMILES string of the molecule is C[C@@H](OC(=O)c1ccc(CSc2ccc(Cl)cc2)cc1)C(=O)N1CCNC1=O. The summed E-state index contributed by atoms with van der Waals surface area (Å²) in [6, 6.07) is 14.2. The first kappa shape index (κ1) is 20.2. The summed E-state index contributed by atoms with van der Waals surface area (Å²) < 4.78 is 5.21. The van der Waals surface area contributed by atoms with Crippen molar-refractivity contribution in [1.82, 2.24) is 10.2 Å². The fraction of sp³-hybridized carbons (Fsp3) is 0.250. The fourth-order valence-corrected chi connectivity index (χ4v) is 3.60. The quantitative estimate of drug-likeness (QED) is 0.571. The minimum atomic E-state index is -1.03.